The van der Waals surface area contributed by atoms with E-state index in [1.807, 2.05) is 18.2 Å². The minimum atomic E-state index is -0.432. The third-order valence-corrected chi connectivity index (χ3v) is 15.5. The van der Waals surface area contributed by atoms with Gasteiger partial charge in [0, 0.05) is 25.8 Å². The lowest BCUT2D eigenvalue weighted by atomic mass is 9.32. The zero-order chi connectivity index (χ0) is 34.0. The largest absolute Gasteiger partial charge is 0.465 e. The maximum Gasteiger partial charge on any atom is 0.302 e. The molecule has 2 unspecified atom stereocenters. The van der Waals surface area contributed by atoms with Gasteiger partial charge in [-0.1, -0.05) is 70.2 Å². The zero-order valence-electron chi connectivity index (χ0n) is 30.1. The molecule has 1 aromatic rings. The SMILES string of the molecule is C=C(C)[C@@H]1CC[C@]2(C(=O)NCc3ccccc3)CC[C@]3(C)C(CC[C@@H]4[C@@]5(C)CCC(OC(C)=O)[C@@](C)(COC(C)=O)[C@@H]5CC[C@]43C)[C@@H]12. The molecule has 5 aliphatic carbocycles. The van der Waals surface area contributed by atoms with Gasteiger partial charge in [-0.05, 0) is 123 Å². The lowest BCUT2D eigenvalue weighted by molar-refractivity contribution is -0.256. The van der Waals surface area contributed by atoms with Crippen molar-refractivity contribution in [2.24, 2.45) is 56.7 Å². The molecule has 0 heterocycles. The molecule has 1 aromatic carbocycles. The summed E-state index contributed by atoms with van der Waals surface area (Å²) in [6.45, 7) is 20.4. The van der Waals surface area contributed by atoms with Crippen LogP contribution in [-0.2, 0) is 30.4 Å². The molecule has 0 aromatic heterocycles. The molecule has 0 aliphatic heterocycles. The molecule has 0 bridgehead atoms. The molecule has 47 heavy (non-hydrogen) atoms. The molecule has 258 valence electrons. The lowest BCUT2D eigenvalue weighted by Gasteiger charge is -2.73. The van der Waals surface area contributed by atoms with Gasteiger partial charge in [-0.15, -0.1) is 0 Å². The summed E-state index contributed by atoms with van der Waals surface area (Å²) in [4.78, 5) is 38.7. The summed E-state index contributed by atoms with van der Waals surface area (Å²) in [7, 11) is 0. The monoisotopic (exact) mass is 645 g/mol. The minimum absolute atomic E-state index is 0.0392. The Balaban J connectivity index is 1.32. The molecule has 5 saturated carbocycles. The Labute approximate surface area is 283 Å². The molecular formula is C41H59NO5. The van der Waals surface area contributed by atoms with Crippen molar-refractivity contribution < 1.29 is 23.9 Å². The number of nitrogens with one attached hydrogen (secondary N) is 1. The molecule has 1 N–H and O–H groups in total. The summed E-state index contributed by atoms with van der Waals surface area (Å²) in [6, 6.07) is 10.3. The Morgan fingerprint density at radius 2 is 1.53 bits per heavy atom. The summed E-state index contributed by atoms with van der Waals surface area (Å²) >= 11 is 0. The molecule has 0 spiro atoms. The lowest BCUT2D eigenvalue weighted by Crippen LogP contribution is -2.68. The second-order valence-electron chi connectivity index (χ2n) is 17.4. The maximum atomic E-state index is 14.4. The standard InChI is InChI=1S/C41H59NO5/c1-26(2)30-16-21-41(36(45)42-24-29-12-10-9-11-13-29)23-22-39(7)31(35(30)41)14-15-33-37(5)19-18-34(47-28(4)44)38(6,25-46-27(3)43)32(37)17-20-40(33,39)8/h9-13,30-35H,1,14-25H2,2-8H3,(H,42,45)/t30-,31?,32+,33+,34?,35+,37-,38-,39+,40+,41-/m0/s1. The Bertz CT molecular complexity index is 1410. The number of carbonyl (C=O) groups excluding carboxylic acids is 3. The first kappa shape index (κ1) is 34.2. The number of allylic oxidation sites excluding steroid dienone is 1. The van der Waals surface area contributed by atoms with E-state index in [2.05, 4.69) is 58.6 Å². The van der Waals surface area contributed by atoms with Gasteiger partial charge in [0.15, 0.2) is 0 Å². The number of hydrogen-bond acceptors (Lipinski definition) is 5. The van der Waals surface area contributed by atoms with E-state index in [4.69, 9.17) is 9.47 Å². The highest BCUT2D eigenvalue weighted by molar-refractivity contribution is 5.84. The van der Waals surface area contributed by atoms with Crippen molar-refractivity contribution in [2.75, 3.05) is 6.61 Å². The quantitative estimate of drug-likeness (QED) is 0.238. The van der Waals surface area contributed by atoms with Crippen LogP contribution in [0.15, 0.2) is 42.5 Å². The van der Waals surface area contributed by atoms with E-state index in [-0.39, 0.29) is 58.1 Å². The number of benzene rings is 1. The van der Waals surface area contributed by atoms with Crippen LogP contribution in [0.25, 0.3) is 0 Å². The summed E-state index contributed by atoms with van der Waals surface area (Å²) in [5, 5.41) is 3.41. The smallest absolute Gasteiger partial charge is 0.302 e. The zero-order valence-corrected chi connectivity index (χ0v) is 30.1. The molecule has 0 radical (unpaired) electrons. The van der Waals surface area contributed by atoms with Gasteiger partial charge in [-0.2, -0.15) is 0 Å². The first-order valence-corrected chi connectivity index (χ1v) is 18.4. The number of ether oxygens (including phenoxy) is 2. The van der Waals surface area contributed by atoms with Gasteiger partial charge >= 0.3 is 11.9 Å². The molecule has 6 heteroatoms. The Hall–Kier alpha value is -2.63. The average molecular weight is 646 g/mol. The van der Waals surface area contributed by atoms with E-state index in [0.29, 0.717) is 30.2 Å². The van der Waals surface area contributed by atoms with Gasteiger partial charge in [0.1, 0.15) is 12.7 Å². The van der Waals surface area contributed by atoms with Crippen LogP contribution in [0, 0.1) is 56.7 Å². The maximum absolute atomic E-state index is 14.4. The van der Waals surface area contributed by atoms with Crippen molar-refractivity contribution in [3.8, 4) is 0 Å². The van der Waals surface area contributed by atoms with Gasteiger partial charge in [-0.3, -0.25) is 14.4 Å². The summed E-state index contributed by atoms with van der Waals surface area (Å²) in [5.74, 6) is 1.66. The van der Waals surface area contributed by atoms with Crippen LogP contribution in [0.5, 0.6) is 0 Å². The average Bonchev–Trinajstić information content (AvgIpc) is 3.42. The molecule has 0 saturated heterocycles. The second kappa shape index (κ2) is 12.1. The highest BCUT2D eigenvalue weighted by atomic mass is 16.6. The van der Waals surface area contributed by atoms with Crippen molar-refractivity contribution in [3.63, 3.8) is 0 Å². The summed E-state index contributed by atoms with van der Waals surface area (Å²) < 4.78 is 11.7. The van der Waals surface area contributed by atoms with Gasteiger partial charge in [-0.25, -0.2) is 0 Å². The minimum Gasteiger partial charge on any atom is -0.465 e. The van der Waals surface area contributed by atoms with E-state index in [1.54, 1.807) is 0 Å². The predicted octanol–water partition coefficient (Wildman–Crippen LogP) is 8.44. The first-order chi connectivity index (χ1) is 22.1. The van der Waals surface area contributed by atoms with Crippen LogP contribution in [0.4, 0.5) is 0 Å². The van der Waals surface area contributed by atoms with Crippen LogP contribution < -0.4 is 5.32 Å². The van der Waals surface area contributed by atoms with Crippen molar-refractivity contribution in [1.82, 2.24) is 5.32 Å². The third-order valence-electron chi connectivity index (χ3n) is 15.5. The molecule has 6 nitrogen and oxygen atoms in total. The normalized spacial score (nSPS) is 43.7. The fraction of sp³-hybridized carbons (Fsp3) is 0.732. The fourth-order valence-electron chi connectivity index (χ4n) is 13.1. The highest BCUT2D eigenvalue weighted by Gasteiger charge is 2.72. The second-order valence-corrected chi connectivity index (χ2v) is 17.4. The molecular weight excluding hydrogens is 586 g/mol. The topological polar surface area (TPSA) is 81.7 Å². The fourth-order valence-corrected chi connectivity index (χ4v) is 13.1. The number of carbonyl (C=O) groups is 3. The van der Waals surface area contributed by atoms with Crippen LogP contribution >= 0.6 is 0 Å². The molecule has 6 rings (SSSR count). The van der Waals surface area contributed by atoms with Gasteiger partial charge < -0.3 is 14.8 Å². The van der Waals surface area contributed by atoms with Crippen LogP contribution in [0.3, 0.4) is 0 Å². The molecule has 5 aliphatic rings. The van der Waals surface area contributed by atoms with Crippen molar-refractivity contribution in [2.45, 2.75) is 125 Å². The number of fused-ring (bicyclic) bond motifs is 7. The Morgan fingerprint density at radius 1 is 0.809 bits per heavy atom. The Kier molecular flexibility index (Phi) is 8.78. The Morgan fingerprint density at radius 3 is 2.19 bits per heavy atom. The van der Waals surface area contributed by atoms with Crippen molar-refractivity contribution in [3.05, 3.63) is 48.0 Å². The number of amides is 1. The van der Waals surface area contributed by atoms with Crippen LogP contribution in [0.1, 0.15) is 118 Å². The van der Waals surface area contributed by atoms with Crippen LogP contribution in [-0.4, -0.2) is 30.6 Å². The van der Waals surface area contributed by atoms with Crippen LogP contribution in [0.2, 0.25) is 0 Å². The van der Waals surface area contributed by atoms with E-state index in [0.717, 1.165) is 69.8 Å². The van der Waals surface area contributed by atoms with Crippen molar-refractivity contribution >= 4 is 17.8 Å². The summed E-state index contributed by atoms with van der Waals surface area (Å²) in [5.41, 5.74) is 1.88. The molecule has 5 fully saturated rings. The van der Waals surface area contributed by atoms with E-state index in [1.165, 1.54) is 19.4 Å². The molecule has 11 atom stereocenters. The number of esters is 2. The van der Waals surface area contributed by atoms with Crippen molar-refractivity contribution in [1.29, 1.82) is 0 Å². The third kappa shape index (κ3) is 5.21. The first-order valence-electron chi connectivity index (χ1n) is 18.4. The van der Waals surface area contributed by atoms with Gasteiger partial charge in [0.05, 0.1) is 5.41 Å². The summed E-state index contributed by atoms with van der Waals surface area (Å²) in [6.07, 6.45) is 9.98. The predicted molar refractivity (Wildman–Crippen MR) is 184 cm³/mol. The highest BCUT2D eigenvalue weighted by Crippen LogP contribution is 2.77. The van der Waals surface area contributed by atoms with E-state index in [9.17, 15) is 14.4 Å². The van der Waals surface area contributed by atoms with E-state index < -0.39 is 5.41 Å². The number of hydrogen-bond donors (Lipinski definition) is 1. The van der Waals surface area contributed by atoms with Gasteiger partial charge in [0.2, 0.25) is 5.91 Å². The molecule has 1 amide bonds. The van der Waals surface area contributed by atoms with E-state index >= 15 is 0 Å². The van der Waals surface area contributed by atoms with Gasteiger partial charge in [0.25, 0.3) is 0 Å². The number of rotatable bonds is 7.